The average Bonchev–Trinajstić information content (AvgIpc) is 2.87. The predicted octanol–water partition coefficient (Wildman–Crippen LogP) is 4.42. The monoisotopic (exact) mass is 339 g/mol. The zero-order valence-corrected chi connectivity index (χ0v) is 13.1. The van der Waals surface area contributed by atoms with E-state index in [2.05, 4.69) is 34.8 Å². The van der Waals surface area contributed by atoms with Gasteiger partial charge in [-0.1, -0.05) is 29.8 Å². The lowest BCUT2D eigenvalue weighted by atomic mass is 10.2. The normalized spacial score (nSPS) is 10.7. The van der Waals surface area contributed by atoms with E-state index in [9.17, 15) is 4.79 Å². The van der Waals surface area contributed by atoms with Crippen LogP contribution in [0.4, 0.5) is 0 Å². The van der Waals surface area contributed by atoms with Crippen LogP contribution in [0.5, 0.6) is 5.75 Å². The molecule has 2 aromatic rings. The summed E-state index contributed by atoms with van der Waals surface area (Å²) in [6.07, 6.45) is 0.802. The summed E-state index contributed by atoms with van der Waals surface area (Å²) in [7, 11) is 0. The van der Waals surface area contributed by atoms with Crippen molar-refractivity contribution < 1.29 is 9.53 Å². The summed E-state index contributed by atoms with van der Waals surface area (Å²) in [4.78, 5) is 15.3. The molecular weight excluding hydrogens is 326 g/mol. The van der Waals surface area contributed by atoms with Gasteiger partial charge in [-0.25, -0.2) is 4.98 Å². The van der Waals surface area contributed by atoms with E-state index in [1.807, 2.05) is 11.4 Å². The molecule has 0 N–H and O–H groups in total. The number of hydrogen-bond donors (Lipinski definition) is 0. The van der Waals surface area contributed by atoms with Crippen LogP contribution in [0.3, 0.4) is 0 Å². The van der Waals surface area contributed by atoms with Crippen LogP contribution in [0, 0.1) is 0 Å². The van der Waals surface area contributed by atoms with Gasteiger partial charge >= 0.3 is 0 Å². The number of hydrogen-bond acceptors (Lipinski definition) is 4. The second kappa shape index (κ2) is 6.30. The molecule has 3 nitrogen and oxygen atoms in total. The number of rotatable bonds is 5. The Balaban J connectivity index is 2.03. The van der Waals surface area contributed by atoms with Gasteiger partial charge in [-0.3, -0.25) is 4.79 Å². The fraction of sp³-hybridized carbons (Fsp3) is 0.286. The molecule has 5 heteroatoms. The standard InChI is InChI=1S/C14H14BrNO2S/c1-9(2)14-16-11(8-19-14)7-18-12-3-4-13(15)10(5-12)6-17/h3-6,8-9H,7H2,1-2H3. The third-order valence-corrected chi connectivity index (χ3v) is 4.46. The maximum absolute atomic E-state index is 10.8. The van der Waals surface area contributed by atoms with E-state index < -0.39 is 0 Å². The highest BCUT2D eigenvalue weighted by Crippen LogP contribution is 2.23. The summed E-state index contributed by atoms with van der Waals surface area (Å²) in [5, 5.41) is 3.12. The maximum atomic E-state index is 10.8. The van der Waals surface area contributed by atoms with Crippen LogP contribution in [-0.2, 0) is 6.61 Å². The van der Waals surface area contributed by atoms with Gasteiger partial charge in [-0.2, -0.15) is 0 Å². The number of benzene rings is 1. The van der Waals surface area contributed by atoms with Gasteiger partial charge in [0.1, 0.15) is 12.4 Å². The molecule has 1 aromatic heterocycles. The van der Waals surface area contributed by atoms with Crippen LogP contribution in [0.2, 0.25) is 0 Å². The van der Waals surface area contributed by atoms with Crippen molar-refractivity contribution in [3.05, 3.63) is 44.3 Å². The quantitative estimate of drug-likeness (QED) is 0.757. The molecule has 0 radical (unpaired) electrons. The van der Waals surface area contributed by atoms with Gasteiger partial charge in [0.05, 0.1) is 10.7 Å². The summed E-state index contributed by atoms with van der Waals surface area (Å²) in [6.45, 7) is 4.66. The first-order chi connectivity index (χ1) is 9.10. The number of aldehydes is 1. The predicted molar refractivity (Wildman–Crippen MR) is 80.1 cm³/mol. The van der Waals surface area contributed by atoms with Gasteiger partial charge in [0.15, 0.2) is 6.29 Å². The molecule has 0 aliphatic carbocycles. The van der Waals surface area contributed by atoms with E-state index in [0.29, 0.717) is 23.8 Å². The Bertz CT molecular complexity index is 581. The van der Waals surface area contributed by atoms with Crippen LogP contribution < -0.4 is 4.74 Å². The third-order valence-electron chi connectivity index (χ3n) is 2.54. The lowest BCUT2D eigenvalue weighted by Gasteiger charge is -2.05. The first-order valence-corrected chi connectivity index (χ1v) is 7.59. The van der Waals surface area contributed by atoms with Crippen LogP contribution in [0.25, 0.3) is 0 Å². The van der Waals surface area contributed by atoms with E-state index in [0.717, 1.165) is 21.5 Å². The first kappa shape index (κ1) is 14.2. The highest BCUT2D eigenvalue weighted by Gasteiger charge is 2.07. The Hall–Kier alpha value is -1.20. The lowest BCUT2D eigenvalue weighted by molar-refractivity contribution is 0.112. The molecule has 1 heterocycles. The van der Waals surface area contributed by atoms with Gasteiger partial charge in [0.25, 0.3) is 0 Å². The first-order valence-electron chi connectivity index (χ1n) is 5.92. The maximum Gasteiger partial charge on any atom is 0.151 e. The number of halogens is 1. The fourth-order valence-corrected chi connectivity index (χ4v) is 2.67. The molecule has 19 heavy (non-hydrogen) atoms. The Morgan fingerprint density at radius 3 is 2.89 bits per heavy atom. The molecule has 0 unspecified atom stereocenters. The Labute approximate surface area is 124 Å². The van der Waals surface area contributed by atoms with E-state index >= 15 is 0 Å². The van der Waals surface area contributed by atoms with Gasteiger partial charge in [-0.15, -0.1) is 11.3 Å². The van der Waals surface area contributed by atoms with Gasteiger partial charge in [0, 0.05) is 21.3 Å². The van der Waals surface area contributed by atoms with Crippen molar-refractivity contribution >= 4 is 33.6 Å². The third kappa shape index (κ3) is 3.64. The highest BCUT2D eigenvalue weighted by atomic mass is 79.9. The zero-order valence-electron chi connectivity index (χ0n) is 10.7. The largest absolute Gasteiger partial charge is 0.487 e. The summed E-state index contributed by atoms with van der Waals surface area (Å²) in [5.41, 5.74) is 1.50. The number of carbonyl (C=O) groups is 1. The molecule has 0 aliphatic rings. The van der Waals surface area contributed by atoms with Crippen molar-refractivity contribution in [2.45, 2.75) is 26.4 Å². The van der Waals surface area contributed by atoms with Crippen LogP contribution in [0.15, 0.2) is 28.1 Å². The minimum Gasteiger partial charge on any atom is -0.487 e. The molecule has 0 amide bonds. The molecule has 0 spiro atoms. The zero-order chi connectivity index (χ0) is 13.8. The summed E-state index contributed by atoms with van der Waals surface area (Å²) < 4.78 is 6.42. The van der Waals surface area contributed by atoms with Crippen molar-refractivity contribution in [2.75, 3.05) is 0 Å². The topological polar surface area (TPSA) is 39.2 Å². The number of ether oxygens (including phenoxy) is 1. The molecule has 0 atom stereocenters. The van der Waals surface area contributed by atoms with E-state index in [4.69, 9.17) is 4.74 Å². The summed E-state index contributed by atoms with van der Waals surface area (Å²) in [6, 6.07) is 5.35. The summed E-state index contributed by atoms with van der Waals surface area (Å²) >= 11 is 4.96. The second-order valence-electron chi connectivity index (χ2n) is 4.42. The van der Waals surface area contributed by atoms with Gasteiger partial charge in [0.2, 0.25) is 0 Å². The molecule has 0 bridgehead atoms. The van der Waals surface area contributed by atoms with Gasteiger partial charge in [-0.05, 0) is 18.2 Å². The molecule has 0 saturated carbocycles. The molecule has 0 fully saturated rings. The van der Waals surface area contributed by atoms with Gasteiger partial charge < -0.3 is 4.74 Å². The molecular formula is C14H14BrNO2S. The number of nitrogens with zero attached hydrogens (tertiary/aromatic N) is 1. The Kier molecular flexibility index (Phi) is 4.71. The minimum atomic E-state index is 0.420. The Morgan fingerprint density at radius 2 is 2.26 bits per heavy atom. The van der Waals surface area contributed by atoms with Crippen LogP contribution in [0.1, 0.15) is 40.8 Å². The van der Waals surface area contributed by atoms with Crippen LogP contribution >= 0.6 is 27.3 Å². The fourth-order valence-electron chi connectivity index (χ4n) is 1.51. The molecule has 2 rings (SSSR count). The number of thiazole rings is 1. The van der Waals surface area contributed by atoms with E-state index in [1.165, 1.54) is 0 Å². The SMILES string of the molecule is CC(C)c1nc(COc2ccc(Br)c(C=O)c2)cs1. The second-order valence-corrected chi connectivity index (χ2v) is 6.17. The molecule has 1 aromatic carbocycles. The lowest BCUT2D eigenvalue weighted by Crippen LogP contribution is -1.97. The molecule has 100 valence electrons. The summed E-state index contributed by atoms with van der Waals surface area (Å²) in [5.74, 6) is 1.11. The van der Waals surface area contributed by atoms with E-state index in [-0.39, 0.29) is 0 Å². The van der Waals surface area contributed by atoms with Crippen LogP contribution in [-0.4, -0.2) is 11.3 Å². The van der Waals surface area contributed by atoms with E-state index in [1.54, 1.807) is 23.5 Å². The minimum absolute atomic E-state index is 0.420. The number of aromatic nitrogens is 1. The van der Waals surface area contributed by atoms with Crippen molar-refractivity contribution in [1.82, 2.24) is 4.98 Å². The average molecular weight is 340 g/mol. The smallest absolute Gasteiger partial charge is 0.151 e. The molecule has 0 aliphatic heterocycles. The molecule has 0 saturated heterocycles. The number of carbonyl (C=O) groups excluding carboxylic acids is 1. The van der Waals surface area contributed by atoms with Crippen molar-refractivity contribution in [3.63, 3.8) is 0 Å². The van der Waals surface area contributed by atoms with Crippen molar-refractivity contribution in [3.8, 4) is 5.75 Å². The van der Waals surface area contributed by atoms with Crippen molar-refractivity contribution in [1.29, 1.82) is 0 Å². The highest BCUT2D eigenvalue weighted by molar-refractivity contribution is 9.10. The Morgan fingerprint density at radius 1 is 1.47 bits per heavy atom. The van der Waals surface area contributed by atoms with Crippen molar-refractivity contribution in [2.24, 2.45) is 0 Å².